The van der Waals surface area contributed by atoms with Gasteiger partial charge in [-0.3, -0.25) is 4.99 Å². The molecule has 2 rings (SSSR count). The van der Waals surface area contributed by atoms with E-state index in [1.165, 1.54) is 0 Å². The number of nitrogens with zero attached hydrogens (tertiary/aromatic N) is 1. The number of aliphatic imine (C=N–C) groups is 1. The zero-order valence-electron chi connectivity index (χ0n) is 11.2. The highest BCUT2D eigenvalue weighted by molar-refractivity contribution is 9.10. The summed E-state index contributed by atoms with van der Waals surface area (Å²) in [7, 11) is 0. The van der Waals surface area contributed by atoms with Crippen LogP contribution in [0.3, 0.4) is 0 Å². The van der Waals surface area contributed by atoms with Crippen LogP contribution >= 0.6 is 31.9 Å². The van der Waals surface area contributed by atoms with Crippen molar-refractivity contribution in [2.24, 2.45) is 4.99 Å². The molecule has 0 heterocycles. The molecule has 0 amide bonds. The van der Waals surface area contributed by atoms with Gasteiger partial charge in [0.25, 0.3) is 0 Å². The van der Waals surface area contributed by atoms with Gasteiger partial charge in [-0.1, -0.05) is 37.9 Å². The smallest absolute Gasteiger partial charge is 0.0630 e. The molecule has 4 heteroatoms. The molecule has 0 fully saturated rings. The summed E-state index contributed by atoms with van der Waals surface area (Å²) in [5.74, 6) is 0. The summed E-state index contributed by atoms with van der Waals surface area (Å²) in [5.41, 5.74) is 1.98. The Morgan fingerprint density at radius 3 is 2.05 bits per heavy atom. The average Bonchev–Trinajstić information content (AvgIpc) is 2.50. The number of rotatable bonds is 5. The van der Waals surface area contributed by atoms with Crippen molar-refractivity contribution in [1.82, 2.24) is 0 Å². The van der Waals surface area contributed by atoms with Gasteiger partial charge in [0.2, 0.25) is 0 Å². The molecular formula is C17H14Br2N2. The first-order valence-electron chi connectivity index (χ1n) is 6.37. The van der Waals surface area contributed by atoms with Crippen LogP contribution in [0.2, 0.25) is 0 Å². The largest absolute Gasteiger partial charge is 0.362 e. The van der Waals surface area contributed by atoms with Gasteiger partial charge in [0, 0.05) is 27.0 Å². The Balaban J connectivity index is 1.78. The minimum absolute atomic E-state index is 0.930. The van der Waals surface area contributed by atoms with Gasteiger partial charge >= 0.3 is 0 Å². The highest BCUT2D eigenvalue weighted by Gasteiger charge is 1.87. The Bertz CT molecular complexity index is 641. The fraction of sp³-hybridized carbons (Fsp3) is 0. The molecule has 0 aromatic heterocycles. The van der Waals surface area contributed by atoms with E-state index in [4.69, 9.17) is 0 Å². The second kappa shape index (κ2) is 8.60. The lowest BCUT2D eigenvalue weighted by atomic mass is 10.3. The van der Waals surface area contributed by atoms with Gasteiger partial charge in [-0.15, -0.1) is 0 Å². The molecule has 0 atom stereocenters. The fourth-order valence-corrected chi connectivity index (χ4v) is 2.04. The standard InChI is InChI=1S/C17H14Br2N2/c18-14-4-8-16(9-5-14)20-12-2-1-3-13-21-17-10-6-15(19)7-11-17/h1-13,20H/b3-1+,12-2+,21-13?. The van der Waals surface area contributed by atoms with Crippen LogP contribution < -0.4 is 5.32 Å². The van der Waals surface area contributed by atoms with Crippen molar-refractivity contribution in [3.8, 4) is 0 Å². The van der Waals surface area contributed by atoms with Gasteiger partial charge in [-0.05, 0) is 60.7 Å². The molecule has 0 bridgehead atoms. The van der Waals surface area contributed by atoms with Crippen LogP contribution in [0.4, 0.5) is 11.4 Å². The fourth-order valence-electron chi connectivity index (χ4n) is 1.52. The number of hydrogen-bond acceptors (Lipinski definition) is 2. The number of nitrogens with one attached hydrogen (secondary N) is 1. The van der Waals surface area contributed by atoms with Gasteiger partial charge < -0.3 is 5.32 Å². The lowest BCUT2D eigenvalue weighted by Crippen LogP contribution is -1.85. The molecule has 0 radical (unpaired) electrons. The maximum Gasteiger partial charge on any atom is 0.0630 e. The zero-order chi connectivity index (χ0) is 14.9. The minimum Gasteiger partial charge on any atom is -0.362 e. The molecule has 0 aliphatic heterocycles. The lowest BCUT2D eigenvalue weighted by Gasteiger charge is -1.98. The van der Waals surface area contributed by atoms with Crippen LogP contribution in [0.5, 0.6) is 0 Å². The average molecular weight is 406 g/mol. The van der Waals surface area contributed by atoms with Crippen LogP contribution in [-0.4, -0.2) is 6.21 Å². The van der Waals surface area contributed by atoms with E-state index in [1.54, 1.807) is 6.21 Å². The number of hydrogen-bond donors (Lipinski definition) is 1. The minimum atomic E-state index is 0.930. The van der Waals surface area contributed by atoms with Crippen molar-refractivity contribution in [3.63, 3.8) is 0 Å². The molecule has 0 unspecified atom stereocenters. The van der Waals surface area contributed by atoms with Crippen molar-refractivity contribution in [2.45, 2.75) is 0 Å². The summed E-state index contributed by atoms with van der Waals surface area (Å²) in [6.07, 6.45) is 9.39. The Morgan fingerprint density at radius 1 is 0.762 bits per heavy atom. The summed E-state index contributed by atoms with van der Waals surface area (Å²) >= 11 is 6.80. The molecule has 0 saturated carbocycles. The van der Waals surface area contributed by atoms with Gasteiger partial charge in [0.15, 0.2) is 0 Å². The van der Waals surface area contributed by atoms with Crippen LogP contribution in [0.25, 0.3) is 0 Å². The van der Waals surface area contributed by atoms with Crippen LogP contribution in [-0.2, 0) is 0 Å². The molecule has 0 spiro atoms. The SMILES string of the molecule is Brc1ccc(N=C/C=C/C=C/Nc2ccc(Br)cc2)cc1. The molecule has 2 nitrogen and oxygen atoms in total. The van der Waals surface area contributed by atoms with E-state index in [1.807, 2.05) is 73.0 Å². The number of allylic oxidation sites excluding steroid dienone is 3. The first-order chi connectivity index (χ1) is 10.2. The monoisotopic (exact) mass is 404 g/mol. The van der Waals surface area contributed by atoms with Gasteiger partial charge in [-0.2, -0.15) is 0 Å². The number of halogens is 2. The van der Waals surface area contributed by atoms with Crippen molar-refractivity contribution in [1.29, 1.82) is 0 Å². The Morgan fingerprint density at radius 2 is 1.38 bits per heavy atom. The number of benzene rings is 2. The second-order valence-electron chi connectivity index (χ2n) is 4.15. The van der Waals surface area contributed by atoms with Gasteiger partial charge in [0.1, 0.15) is 0 Å². The van der Waals surface area contributed by atoms with E-state index in [0.717, 1.165) is 20.3 Å². The lowest BCUT2D eigenvalue weighted by molar-refractivity contribution is 1.52. The summed E-state index contributed by atoms with van der Waals surface area (Å²) in [5, 5.41) is 3.18. The predicted molar refractivity (Wildman–Crippen MR) is 98.3 cm³/mol. The summed E-state index contributed by atoms with van der Waals surface area (Å²) in [6, 6.07) is 15.9. The molecule has 2 aromatic carbocycles. The van der Waals surface area contributed by atoms with Crippen molar-refractivity contribution >= 4 is 49.4 Å². The van der Waals surface area contributed by atoms with E-state index in [-0.39, 0.29) is 0 Å². The molecule has 0 aliphatic rings. The molecule has 0 saturated heterocycles. The summed E-state index contributed by atoms with van der Waals surface area (Å²) < 4.78 is 2.13. The molecule has 21 heavy (non-hydrogen) atoms. The maximum atomic E-state index is 4.32. The van der Waals surface area contributed by atoms with E-state index in [2.05, 4.69) is 42.2 Å². The Labute approximate surface area is 141 Å². The second-order valence-corrected chi connectivity index (χ2v) is 5.98. The van der Waals surface area contributed by atoms with E-state index in [0.29, 0.717) is 0 Å². The summed E-state index contributed by atoms with van der Waals surface area (Å²) in [6.45, 7) is 0. The van der Waals surface area contributed by atoms with Crippen molar-refractivity contribution < 1.29 is 0 Å². The highest BCUT2D eigenvalue weighted by Crippen LogP contribution is 2.16. The summed E-state index contributed by atoms with van der Waals surface area (Å²) in [4.78, 5) is 4.32. The Hall–Kier alpha value is -1.65. The third-order valence-electron chi connectivity index (χ3n) is 2.55. The normalized spacial score (nSPS) is 11.7. The van der Waals surface area contributed by atoms with Crippen LogP contribution in [0.1, 0.15) is 0 Å². The van der Waals surface area contributed by atoms with Gasteiger partial charge in [-0.25, -0.2) is 0 Å². The van der Waals surface area contributed by atoms with Crippen molar-refractivity contribution in [2.75, 3.05) is 5.32 Å². The molecular weight excluding hydrogens is 392 g/mol. The molecule has 1 N–H and O–H groups in total. The predicted octanol–water partition coefficient (Wildman–Crippen LogP) is 6.10. The third-order valence-corrected chi connectivity index (χ3v) is 3.61. The van der Waals surface area contributed by atoms with Gasteiger partial charge in [0.05, 0.1) is 5.69 Å². The Kier molecular flexibility index (Phi) is 6.44. The number of anilines is 1. The maximum absolute atomic E-state index is 4.32. The molecule has 0 aliphatic carbocycles. The van der Waals surface area contributed by atoms with E-state index in [9.17, 15) is 0 Å². The third kappa shape index (κ3) is 6.10. The quantitative estimate of drug-likeness (QED) is 0.471. The highest BCUT2D eigenvalue weighted by atomic mass is 79.9. The first-order valence-corrected chi connectivity index (χ1v) is 7.96. The van der Waals surface area contributed by atoms with E-state index < -0.39 is 0 Å². The topological polar surface area (TPSA) is 24.4 Å². The van der Waals surface area contributed by atoms with E-state index >= 15 is 0 Å². The first kappa shape index (κ1) is 15.7. The zero-order valence-corrected chi connectivity index (χ0v) is 14.4. The van der Waals surface area contributed by atoms with Crippen molar-refractivity contribution in [3.05, 3.63) is 81.9 Å². The molecule has 2 aromatic rings. The van der Waals surface area contributed by atoms with Crippen LogP contribution in [0.15, 0.2) is 86.9 Å². The van der Waals surface area contributed by atoms with Crippen LogP contribution in [0, 0.1) is 0 Å². The molecule has 106 valence electrons.